The van der Waals surface area contributed by atoms with Crippen LogP contribution in [-0.4, -0.2) is 48.6 Å². The maximum absolute atomic E-state index is 14.3. The van der Waals surface area contributed by atoms with Crippen LogP contribution in [0.1, 0.15) is 37.8 Å². The van der Waals surface area contributed by atoms with Crippen LogP contribution in [0.2, 0.25) is 0 Å². The Hall–Kier alpha value is -1.85. The molecule has 1 heterocycles. The highest BCUT2D eigenvalue weighted by atomic mass is 32.2. The van der Waals surface area contributed by atoms with Gasteiger partial charge in [-0.2, -0.15) is 13.2 Å². The summed E-state index contributed by atoms with van der Waals surface area (Å²) < 4.78 is 52.1. The first-order valence-corrected chi connectivity index (χ1v) is 10.3. The van der Waals surface area contributed by atoms with Crippen molar-refractivity contribution in [3.05, 3.63) is 29.6 Å². The van der Waals surface area contributed by atoms with Gasteiger partial charge in [0.1, 0.15) is 12.1 Å². The number of hydrogen-bond acceptors (Lipinski definition) is 5. The molecule has 1 aromatic rings. The van der Waals surface area contributed by atoms with Crippen molar-refractivity contribution in [2.75, 3.05) is 14.1 Å². The summed E-state index contributed by atoms with van der Waals surface area (Å²) in [4.78, 5) is 26.0. The summed E-state index contributed by atoms with van der Waals surface area (Å²) in [5.41, 5.74) is -4.51. The van der Waals surface area contributed by atoms with Crippen LogP contribution in [0.5, 0.6) is 0 Å². The Morgan fingerprint density at radius 1 is 1.33 bits per heavy atom. The first-order chi connectivity index (χ1) is 13.9. The van der Waals surface area contributed by atoms with Crippen LogP contribution in [0.4, 0.5) is 17.6 Å². The summed E-state index contributed by atoms with van der Waals surface area (Å²) in [5.74, 6) is -1.67. The predicted octanol–water partition coefficient (Wildman–Crippen LogP) is 2.72. The summed E-state index contributed by atoms with van der Waals surface area (Å²) in [6.07, 6.45) is 1.03. The normalized spacial score (nSPS) is 24.3. The summed E-state index contributed by atoms with van der Waals surface area (Å²) in [6, 6.07) is 2.19. The largest absolute Gasteiger partial charge is 0.446 e. The third kappa shape index (κ3) is 5.44. The molecule has 1 aliphatic carbocycles. The lowest BCUT2D eigenvalue weighted by Crippen LogP contribution is -2.65. The molecule has 3 unspecified atom stereocenters. The molecule has 0 aromatic heterocycles. The third-order valence-electron chi connectivity index (χ3n) is 5.42. The van der Waals surface area contributed by atoms with E-state index in [9.17, 15) is 27.2 Å². The molecule has 0 spiro atoms. The molecule has 1 saturated heterocycles. The van der Waals surface area contributed by atoms with Crippen LogP contribution in [0.3, 0.4) is 0 Å². The summed E-state index contributed by atoms with van der Waals surface area (Å²) in [5, 5.41) is 8.63. The number of halogens is 4. The average Bonchev–Trinajstić information content (AvgIpc) is 3.38. The molecular formula is C19H24F4N4O2S. The smallest absolute Gasteiger partial charge is 0.347 e. The lowest BCUT2D eigenvalue weighted by atomic mass is 9.91. The van der Waals surface area contributed by atoms with Gasteiger partial charge >= 0.3 is 5.51 Å². The first-order valence-electron chi connectivity index (χ1n) is 9.45. The highest BCUT2D eigenvalue weighted by Crippen LogP contribution is 2.54. The number of rotatable bonds is 6. The average molecular weight is 448 g/mol. The second kappa shape index (κ2) is 8.35. The molecule has 2 aliphatic rings. The SMILES string of the molecule is CN(C)C1NC(=O)CC(C(=O)NC(c2ccc(SC(F)(F)F)c(F)c2)C2(C)CC2)N1. The molecule has 3 rings (SSSR count). The van der Waals surface area contributed by atoms with E-state index in [2.05, 4.69) is 16.0 Å². The number of carbonyl (C=O) groups excluding carboxylic acids is 2. The molecule has 3 atom stereocenters. The molecule has 2 amide bonds. The predicted molar refractivity (Wildman–Crippen MR) is 104 cm³/mol. The molecule has 166 valence electrons. The molecule has 0 bridgehead atoms. The van der Waals surface area contributed by atoms with Gasteiger partial charge in [-0.25, -0.2) is 4.39 Å². The summed E-state index contributed by atoms with van der Waals surface area (Å²) in [6.45, 7) is 1.93. The van der Waals surface area contributed by atoms with Crippen molar-refractivity contribution in [2.24, 2.45) is 5.41 Å². The number of amides is 2. The number of thioether (sulfide) groups is 1. The van der Waals surface area contributed by atoms with Gasteiger partial charge < -0.3 is 10.6 Å². The fourth-order valence-corrected chi connectivity index (χ4v) is 3.97. The van der Waals surface area contributed by atoms with E-state index in [1.54, 1.807) is 19.0 Å². The summed E-state index contributed by atoms with van der Waals surface area (Å²) >= 11 is -0.511. The molecule has 1 saturated carbocycles. The number of alkyl halides is 3. The molecule has 2 fully saturated rings. The highest BCUT2D eigenvalue weighted by Gasteiger charge is 2.47. The van der Waals surface area contributed by atoms with Gasteiger partial charge in [-0.3, -0.25) is 19.8 Å². The van der Waals surface area contributed by atoms with Gasteiger partial charge in [-0.05, 0) is 61.8 Å². The Morgan fingerprint density at radius 2 is 2.00 bits per heavy atom. The third-order valence-corrected chi connectivity index (χ3v) is 6.20. The van der Waals surface area contributed by atoms with E-state index in [1.165, 1.54) is 6.07 Å². The highest BCUT2D eigenvalue weighted by molar-refractivity contribution is 8.00. The zero-order valence-electron chi connectivity index (χ0n) is 16.8. The molecule has 11 heteroatoms. The second-order valence-electron chi connectivity index (χ2n) is 8.19. The minimum absolute atomic E-state index is 0.0465. The molecule has 1 aromatic carbocycles. The van der Waals surface area contributed by atoms with Gasteiger partial charge in [0.2, 0.25) is 11.8 Å². The van der Waals surface area contributed by atoms with Crippen molar-refractivity contribution in [2.45, 2.75) is 55.0 Å². The minimum Gasteiger partial charge on any atom is -0.347 e. The quantitative estimate of drug-likeness (QED) is 0.461. The fourth-order valence-electron chi connectivity index (χ4n) is 3.43. The monoisotopic (exact) mass is 448 g/mol. The van der Waals surface area contributed by atoms with E-state index in [0.29, 0.717) is 5.56 Å². The van der Waals surface area contributed by atoms with Crippen molar-refractivity contribution in [3.8, 4) is 0 Å². The van der Waals surface area contributed by atoms with Gasteiger partial charge in [-0.15, -0.1) is 0 Å². The molecule has 6 nitrogen and oxygen atoms in total. The van der Waals surface area contributed by atoms with Crippen LogP contribution in [0.25, 0.3) is 0 Å². The standard InChI is InChI=1S/C19H24F4N4O2S/c1-18(6-7-18)15(10-4-5-13(11(20)8-10)30-19(21,22)23)26-16(29)12-9-14(28)25-17(24-12)27(2)3/h4-5,8,12,15,17,24H,6-7,9H2,1-3H3,(H,25,28)(H,26,29). The van der Waals surface area contributed by atoms with Crippen LogP contribution < -0.4 is 16.0 Å². The van der Waals surface area contributed by atoms with Crippen molar-refractivity contribution < 1.29 is 27.2 Å². The number of nitrogens with zero attached hydrogens (tertiary/aromatic N) is 1. The summed E-state index contributed by atoms with van der Waals surface area (Å²) in [7, 11) is 3.49. The molecule has 1 aliphatic heterocycles. The number of benzene rings is 1. The Bertz CT molecular complexity index is 829. The van der Waals surface area contributed by atoms with Gasteiger partial charge in [-0.1, -0.05) is 13.0 Å². The lowest BCUT2D eigenvalue weighted by molar-refractivity contribution is -0.134. The lowest BCUT2D eigenvalue weighted by Gasteiger charge is -2.36. The van der Waals surface area contributed by atoms with Crippen LogP contribution in [0, 0.1) is 11.2 Å². The zero-order chi connectivity index (χ0) is 22.3. The molecule has 30 heavy (non-hydrogen) atoms. The maximum Gasteiger partial charge on any atom is 0.446 e. The Morgan fingerprint density at radius 3 is 2.53 bits per heavy atom. The van der Waals surface area contributed by atoms with Crippen molar-refractivity contribution >= 4 is 23.6 Å². The Labute approximate surface area is 176 Å². The van der Waals surface area contributed by atoms with E-state index >= 15 is 0 Å². The van der Waals surface area contributed by atoms with Gasteiger partial charge in [0.25, 0.3) is 0 Å². The zero-order valence-corrected chi connectivity index (χ0v) is 17.6. The number of carbonyl (C=O) groups is 2. The van der Waals surface area contributed by atoms with E-state index < -0.39 is 52.3 Å². The van der Waals surface area contributed by atoms with Crippen LogP contribution >= 0.6 is 11.8 Å². The van der Waals surface area contributed by atoms with Crippen molar-refractivity contribution in [1.82, 2.24) is 20.9 Å². The first kappa shape index (κ1) is 22.8. The maximum atomic E-state index is 14.3. The second-order valence-corrected chi connectivity index (χ2v) is 9.30. The number of hydrogen-bond donors (Lipinski definition) is 3. The Kier molecular flexibility index (Phi) is 6.35. The van der Waals surface area contributed by atoms with Crippen LogP contribution in [0.15, 0.2) is 23.1 Å². The van der Waals surface area contributed by atoms with E-state index in [0.717, 1.165) is 25.0 Å². The minimum atomic E-state index is -4.59. The molecule has 0 radical (unpaired) electrons. The van der Waals surface area contributed by atoms with Crippen molar-refractivity contribution in [3.63, 3.8) is 0 Å². The fraction of sp³-hybridized carbons (Fsp3) is 0.579. The molecule has 3 N–H and O–H groups in total. The van der Waals surface area contributed by atoms with Gasteiger partial charge in [0.15, 0.2) is 0 Å². The Balaban J connectivity index is 1.78. The van der Waals surface area contributed by atoms with E-state index in [-0.39, 0.29) is 17.7 Å². The van der Waals surface area contributed by atoms with Crippen molar-refractivity contribution in [1.29, 1.82) is 0 Å². The topological polar surface area (TPSA) is 73.5 Å². The van der Waals surface area contributed by atoms with Crippen LogP contribution in [-0.2, 0) is 9.59 Å². The molecular weight excluding hydrogens is 424 g/mol. The van der Waals surface area contributed by atoms with Gasteiger partial charge in [0, 0.05) is 0 Å². The van der Waals surface area contributed by atoms with E-state index in [4.69, 9.17) is 0 Å². The number of nitrogens with one attached hydrogen (secondary N) is 3. The van der Waals surface area contributed by atoms with Gasteiger partial charge in [0.05, 0.1) is 23.4 Å². The van der Waals surface area contributed by atoms with E-state index in [1.807, 2.05) is 6.92 Å².